The molecule has 50 valence electrons. The molecule has 9 heavy (non-hydrogen) atoms. The molecule has 0 N–H and O–H groups in total. The van der Waals surface area contributed by atoms with Gasteiger partial charge in [-0.3, -0.25) is 0 Å². The third kappa shape index (κ3) is 4.91. The zero-order valence-corrected chi connectivity index (χ0v) is 5.83. The minimum Gasteiger partial charge on any atom is -0.0899 e. The monoisotopic (exact) mass is 125 g/mol. The molecule has 0 saturated heterocycles. The van der Waals surface area contributed by atoms with E-state index in [2.05, 4.69) is 16.9 Å². The minimum absolute atomic E-state index is 0.482. The van der Waals surface area contributed by atoms with Gasteiger partial charge < -0.3 is 0 Å². The molecule has 0 aliphatic rings. The molecule has 0 unspecified atom stereocenters. The Morgan fingerprint density at radius 3 is 2.89 bits per heavy atom. The van der Waals surface area contributed by atoms with E-state index in [1.807, 2.05) is 13.0 Å². The van der Waals surface area contributed by atoms with Gasteiger partial charge in [-0.25, -0.2) is 0 Å². The number of azide groups is 1. The molecule has 0 rings (SSSR count). The normalized spacial score (nSPS) is 10.7. The minimum atomic E-state index is 0.482. The molecule has 0 aliphatic carbocycles. The van der Waals surface area contributed by atoms with Crippen molar-refractivity contribution in [1.29, 1.82) is 0 Å². The Labute approximate surface area is 55.0 Å². The molecule has 0 saturated carbocycles. The van der Waals surface area contributed by atoms with Crippen LogP contribution < -0.4 is 0 Å². The molecular formula is C6H11N3. The smallest absolute Gasteiger partial charge is 0.0442 e. The van der Waals surface area contributed by atoms with Gasteiger partial charge in [0.15, 0.2) is 0 Å². The fourth-order valence-electron chi connectivity index (χ4n) is 0.378. The molecule has 0 spiro atoms. The van der Waals surface area contributed by atoms with Crippen LogP contribution in [0.5, 0.6) is 0 Å². The van der Waals surface area contributed by atoms with Crippen molar-refractivity contribution in [1.82, 2.24) is 0 Å². The largest absolute Gasteiger partial charge is 0.0899 e. The lowest BCUT2D eigenvalue weighted by atomic mass is 10.2. The second-order valence-electron chi connectivity index (χ2n) is 1.82. The van der Waals surface area contributed by atoms with Gasteiger partial charge in [-0.15, -0.1) is 0 Å². The molecule has 0 bridgehead atoms. The van der Waals surface area contributed by atoms with E-state index < -0.39 is 0 Å². The summed E-state index contributed by atoms with van der Waals surface area (Å²) in [6, 6.07) is 0. The molecular weight excluding hydrogens is 114 g/mol. The lowest BCUT2D eigenvalue weighted by Gasteiger charge is -1.88. The maximum Gasteiger partial charge on any atom is 0.0442 e. The van der Waals surface area contributed by atoms with E-state index in [1.54, 1.807) is 0 Å². The highest BCUT2D eigenvalue weighted by atomic mass is 15.1. The van der Waals surface area contributed by atoms with Crippen LogP contribution in [0.2, 0.25) is 0 Å². The summed E-state index contributed by atoms with van der Waals surface area (Å²) in [5.74, 6) is 0. The number of allylic oxidation sites excluding steroid dienone is 1. The van der Waals surface area contributed by atoms with Gasteiger partial charge in [-0.1, -0.05) is 23.7 Å². The zero-order chi connectivity index (χ0) is 7.11. The number of nitrogens with zero attached hydrogens (tertiary/aromatic N) is 3. The van der Waals surface area contributed by atoms with E-state index in [9.17, 15) is 0 Å². The van der Waals surface area contributed by atoms with E-state index in [1.165, 1.54) is 5.57 Å². The first-order valence-electron chi connectivity index (χ1n) is 2.97. The fraction of sp³-hybridized carbons (Fsp3) is 0.667. The summed E-state index contributed by atoms with van der Waals surface area (Å²) >= 11 is 0. The van der Waals surface area contributed by atoms with Gasteiger partial charge in [0.05, 0.1) is 0 Å². The van der Waals surface area contributed by atoms with Gasteiger partial charge in [0.25, 0.3) is 0 Å². The third-order valence-corrected chi connectivity index (χ3v) is 1.14. The van der Waals surface area contributed by atoms with Crippen LogP contribution in [0.25, 0.3) is 10.4 Å². The Morgan fingerprint density at radius 2 is 2.44 bits per heavy atom. The molecule has 0 heterocycles. The van der Waals surface area contributed by atoms with Crippen LogP contribution in [0.4, 0.5) is 0 Å². The van der Waals surface area contributed by atoms with Crippen molar-refractivity contribution in [3.05, 3.63) is 22.1 Å². The predicted octanol–water partition coefficient (Wildman–Crippen LogP) is 2.65. The Bertz CT molecular complexity index is 142. The first-order valence-corrected chi connectivity index (χ1v) is 2.97. The maximum atomic E-state index is 7.88. The lowest BCUT2D eigenvalue weighted by Crippen LogP contribution is -1.74. The van der Waals surface area contributed by atoms with Gasteiger partial charge >= 0.3 is 0 Å². The van der Waals surface area contributed by atoms with Crippen LogP contribution >= 0.6 is 0 Å². The average Bonchev–Trinajstić information content (AvgIpc) is 1.89. The second kappa shape index (κ2) is 5.19. The second-order valence-corrected chi connectivity index (χ2v) is 1.82. The summed E-state index contributed by atoms with van der Waals surface area (Å²) in [6.07, 6.45) is 2.96. The van der Waals surface area contributed by atoms with Crippen LogP contribution in [0.3, 0.4) is 0 Å². The van der Waals surface area contributed by atoms with Crippen LogP contribution in [0.1, 0.15) is 20.3 Å². The Kier molecular flexibility index (Phi) is 4.64. The van der Waals surface area contributed by atoms with Crippen LogP contribution in [0, 0.1) is 0 Å². The van der Waals surface area contributed by atoms with Gasteiger partial charge in [0.2, 0.25) is 0 Å². The van der Waals surface area contributed by atoms with E-state index >= 15 is 0 Å². The quantitative estimate of drug-likeness (QED) is 0.241. The summed E-state index contributed by atoms with van der Waals surface area (Å²) in [7, 11) is 0. The summed E-state index contributed by atoms with van der Waals surface area (Å²) in [4.78, 5) is 2.62. The summed E-state index contributed by atoms with van der Waals surface area (Å²) < 4.78 is 0. The first kappa shape index (κ1) is 8.05. The lowest BCUT2D eigenvalue weighted by molar-refractivity contribution is 1.06. The van der Waals surface area contributed by atoms with Crippen molar-refractivity contribution in [3.63, 3.8) is 0 Å². The first-order chi connectivity index (χ1) is 4.31. The zero-order valence-electron chi connectivity index (χ0n) is 5.83. The molecule has 3 nitrogen and oxygen atoms in total. The highest BCUT2D eigenvalue weighted by molar-refractivity contribution is 4.97. The molecule has 3 heteroatoms. The molecule has 0 fully saturated rings. The molecule has 0 aromatic carbocycles. The summed E-state index contributed by atoms with van der Waals surface area (Å²) in [5.41, 5.74) is 9.15. The van der Waals surface area contributed by atoms with E-state index in [0.29, 0.717) is 6.54 Å². The van der Waals surface area contributed by atoms with Crippen molar-refractivity contribution in [2.24, 2.45) is 5.11 Å². The summed E-state index contributed by atoms with van der Waals surface area (Å²) in [6.45, 7) is 4.57. The number of hydrogen-bond donors (Lipinski definition) is 0. The van der Waals surface area contributed by atoms with Crippen molar-refractivity contribution in [3.8, 4) is 0 Å². The molecule has 0 radical (unpaired) electrons. The average molecular weight is 125 g/mol. The van der Waals surface area contributed by atoms with Crippen molar-refractivity contribution >= 4 is 0 Å². The Morgan fingerprint density at radius 1 is 1.78 bits per heavy atom. The highest BCUT2D eigenvalue weighted by Gasteiger charge is 1.79. The standard InChI is InChI=1S/C6H11N3/c1-3-6(2)4-5-8-9-7/h4H,3,5H2,1-2H3/b6-4-. The van der Waals surface area contributed by atoms with Gasteiger partial charge in [-0.05, 0) is 18.9 Å². The SMILES string of the molecule is CC/C(C)=C\CN=[N+]=[N-]. The Balaban J connectivity index is 3.55. The maximum absolute atomic E-state index is 7.88. The van der Waals surface area contributed by atoms with Crippen LogP contribution in [0.15, 0.2) is 16.8 Å². The summed E-state index contributed by atoms with van der Waals surface area (Å²) in [5, 5.41) is 3.36. The van der Waals surface area contributed by atoms with Crippen LogP contribution in [-0.4, -0.2) is 6.54 Å². The highest BCUT2D eigenvalue weighted by Crippen LogP contribution is 1.96. The molecule has 0 aliphatic heterocycles. The van der Waals surface area contributed by atoms with E-state index in [-0.39, 0.29) is 0 Å². The van der Waals surface area contributed by atoms with Gasteiger partial charge in [0.1, 0.15) is 0 Å². The molecule has 0 aromatic rings. The van der Waals surface area contributed by atoms with Crippen molar-refractivity contribution < 1.29 is 0 Å². The van der Waals surface area contributed by atoms with Gasteiger partial charge in [0, 0.05) is 11.5 Å². The van der Waals surface area contributed by atoms with Gasteiger partial charge in [-0.2, -0.15) is 0 Å². The van der Waals surface area contributed by atoms with Crippen molar-refractivity contribution in [2.75, 3.05) is 6.54 Å². The number of rotatable bonds is 3. The molecule has 0 amide bonds. The predicted molar refractivity (Wildman–Crippen MR) is 38.1 cm³/mol. The molecule has 0 atom stereocenters. The fourth-order valence-corrected chi connectivity index (χ4v) is 0.378. The molecule has 0 aromatic heterocycles. The van der Waals surface area contributed by atoms with Crippen molar-refractivity contribution in [2.45, 2.75) is 20.3 Å². The topological polar surface area (TPSA) is 48.8 Å². The third-order valence-electron chi connectivity index (χ3n) is 1.14. The van der Waals surface area contributed by atoms with E-state index in [0.717, 1.165) is 6.42 Å². The van der Waals surface area contributed by atoms with Crippen LogP contribution in [-0.2, 0) is 0 Å². The Hall–Kier alpha value is -0.950. The number of hydrogen-bond acceptors (Lipinski definition) is 1. The van der Waals surface area contributed by atoms with E-state index in [4.69, 9.17) is 5.53 Å².